The number of carbonyl (C=O) groups excluding carboxylic acids is 1. The van der Waals surface area contributed by atoms with Crippen molar-refractivity contribution in [1.82, 2.24) is 10.3 Å². The van der Waals surface area contributed by atoms with E-state index in [9.17, 15) is 4.79 Å². The minimum absolute atomic E-state index is 0.227. The number of pyridine rings is 1. The molecule has 1 aromatic rings. The molecule has 0 aliphatic rings. The third-order valence-corrected chi connectivity index (χ3v) is 2.29. The van der Waals surface area contributed by atoms with Gasteiger partial charge in [-0.15, -0.1) is 0 Å². The van der Waals surface area contributed by atoms with Gasteiger partial charge in [-0.1, -0.05) is 6.08 Å². The zero-order chi connectivity index (χ0) is 12.5. The summed E-state index contributed by atoms with van der Waals surface area (Å²) in [5, 5.41) is 3.27. The molecule has 1 N–H and O–H groups in total. The van der Waals surface area contributed by atoms with Gasteiger partial charge in [0.1, 0.15) is 0 Å². The normalized spacial score (nSPS) is 12.6. The molecule has 1 rings (SSSR count). The van der Waals surface area contributed by atoms with E-state index in [0.29, 0.717) is 13.2 Å². The van der Waals surface area contributed by atoms with Crippen LogP contribution in [0.25, 0.3) is 0 Å². The summed E-state index contributed by atoms with van der Waals surface area (Å²) in [5.74, 6) is -0.300. The van der Waals surface area contributed by atoms with Crippen molar-refractivity contribution >= 4 is 5.97 Å². The van der Waals surface area contributed by atoms with E-state index in [1.807, 2.05) is 12.1 Å². The van der Waals surface area contributed by atoms with Crippen LogP contribution < -0.4 is 5.32 Å². The Balaban J connectivity index is 2.29. The maximum absolute atomic E-state index is 11.0. The standard InChI is InChI=1S/C13H18N2O2/c1-3-17-13(16)5-4-8-15-11(2)12-6-9-14-10-7-12/h4-7,9-11,15H,3,8H2,1-2H3/b5-4+. The second-order valence-corrected chi connectivity index (χ2v) is 3.56. The summed E-state index contributed by atoms with van der Waals surface area (Å²) < 4.78 is 4.77. The lowest BCUT2D eigenvalue weighted by Crippen LogP contribution is -2.18. The number of aromatic nitrogens is 1. The molecule has 0 fully saturated rings. The quantitative estimate of drug-likeness (QED) is 0.603. The highest BCUT2D eigenvalue weighted by atomic mass is 16.5. The van der Waals surface area contributed by atoms with Crippen LogP contribution in [-0.2, 0) is 9.53 Å². The Bertz CT molecular complexity index is 363. The van der Waals surface area contributed by atoms with E-state index in [2.05, 4.69) is 17.2 Å². The van der Waals surface area contributed by atoms with Crippen LogP contribution in [0.5, 0.6) is 0 Å². The van der Waals surface area contributed by atoms with Crippen LogP contribution in [0.3, 0.4) is 0 Å². The number of esters is 1. The van der Waals surface area contributed by atoms with Gasteiger partial charge in [-0.3, -0.25) is 4.98 Å². The van der Waals surface area contributed by atoms with Crippen LogP contribution in [0.2, 0.25) is 0 Å². The highest BCUT2D eigenvalue weighted by Crippen LogP contribution is 2.09. The van der Waals surface area contributed by atoms with Crippen molar-refractivity contribution < 1.29 is 9.53 Å². The van der Waals surface area contributed by atoms with Crippen molar-refractivity contribution in [3.8, 4) is 0 Å². The third-order valence-electron chi connectivity index (χ3n) is 2.29. The number of hydrogen-bond acceptors (Lipinski definition) is 4. The van der Waals surface area contributed by atoms with Gasteiger partial charge in [-0.2, -0.15) is 0 Å². The first-order valence-corrected chi connectivity index (χ1v) is 5.70. The summed E-state index contributed by atoms with van der Waals surface area (Å²) in [4.78, 5) is 15.0. The van der Waals surface area contributed by atoms with Gasteiger partial charge in [-0.05, 0) is 31.5 Å². The first-order chi connectivity index (χ1) is 8.24. The zero-order valence-corrected chi connectivity index (χ0v) is 10.2. The summed E-state index contributed by atoms with van der Waals surface area (Å²) in [6.07, 6.45) is 6.73. The number of nitrogens with one attached hydrogen (secondary N) is 1. The molecule has 4 nitrogen and oxygen atoms in total. The minimum Gasteiger partial charge on any atom is -0.463 e. The van der Waals surface area contributed by atoms with Gasteiger partial charge < -0.3 is 10.1 Å². The summed E-state index contributed by atoms with van der Waals surface area (Å²) in [6, 6.07) is 4.16. The van der Waals surface area contributed by atoms with Crippen molar-refractivity contribution in [2.75, 3.05) is 13.2 Å². The Hall–Kier alpha value is -1.68. The fourth-order valence-corrected chi connectivity index (χ4v) is 1.36. The fourth-order valence-electron chi connectivity index (χ4n) is 1.36. The van der Waals surface area contributed by atoms with Crippen LogP contribution in [0.15, 0.2) is 36.7 Å². The predicted octanol–water partition coefficient (Wildman–Crippen LogP) is 1.85. The maximum atomic E-state index is 11.0. The van der Waals surface area contributed by atoms with Crippen LogP contribution >= 0.6 is 0 Å². The molecule has 4 heteroatoms. The number of nitrogens with zero attached hydrogens (tertiary/aromatic N) is 1. The molecule has 1 aromatic heterocycles. The van der Waals surface area contributed by atoms with Crippen LogP contribution in [0, 0.1) is 0 Å². The Kier molecular flexibility index (Phi) is 5.96. The number of carbonyl (C=O) groups is 1. The zero-order valence-electron chi connectivity index (χ0n) is 10.2. The van der Waals surface area contributed by atoms with E-state index < -0.39 is 0 Å². The van der Waals surface area contributed by atoms with Crippen molar-refractivity contribution in [3.05, 3.63) is 42.2 Å². The van der Waals surface area contributed by atoms with E-state index in [-0.39, 0.29) is 12.0 Å². The molecule has 0 saturated heterocycles. The Labute approximate surface area is 102 Å². The first-order valence-electron chi connectivity index (χ1n) is 5.70. The van der Waals surface area contributed by atoms with Crippen LogP contribution in [0.1, 0.15) is 25.5 Å². The van der Waals surface area contributed by atoms with E-state index in [0.717, 1.165) is 0 Å². The van der Waals surface area contributed by atoms with E-state index >= 15 is 0 Å². The molecule has 1 atom stereocenters. The number of hydrogen-bond donors (Lipinski definition) is 1. The highest BCUT2D eigenvalue weighted by Gasteiger charge is 2.01. The molecule has 0 bridgehead atoms. The van der Waals surface area contributed by atoms with E-state index in [4.69, 9.17) is 4.74 Å². The molecule has 0 amide bonds. The molecule has 1 heterocycles. The maximum Gasteiger partial charge on any atom is 0.330 e. The highest BCUT2D eigenvalue weighted by molar-refractivity contribution is 5.81. The average molecular weight is 234 g/mol. The summed E-state index contributed by atoms with van der Waals surface area (Å²) in [7, 11) is 0. The van der Waals surface area contributed by atoms with E-state index in [1.165, 1.54) is 11.6 Å². The van der Waals surface area contributed by atoms with E-state index in [1.54, 1.807) is 25.4 Å². The molecule has 0 aliphatic carbocycles. The summed E-state index contributed by atoms with van der Waals surface area (Å²) in [6.45, 7) is 4.88. The average Bonchev–Trinajstić information content (AvgIpc) is 2.36. The smallest absolute Gasteiger partial charge is 0.330 e. The van der Waals surface area contributed by atoms with Gasteiger partial charge in [0.25, 0.3) is 0 Å². The molecule has 0 spiro atoms. The lowest BCUT2D eigenvalue weighted by atomic mass is 10.1. The number of ether oxygens (including phenoxy) is 1. The second-order valence-electron chi connectivity index (χ2n) is 3.56. The second kappa shape index (κ2) is 7.57. The molecule has 1 unspecified atom stereocenters. The largest absolute Gasteiger partial charge is 0.463 e. The van der Waals surface area contributed by atoms with Gasteiger partial charge in [0.2, 0.25) is 0 Å². The Morgan fingerprint density at radius 3 is 2.88 bits per heavy atom. The fraction of sp³-hybridized carbons (Fsp3) is 0.385. The van der Waals surface area contributed by atoms with Gasteiger partial charge >= 0.3 is 5.97 Å². The molecule has 0 saturated carbocycles. The number of rotatable bonds is 6. The molecule has 0 aromatic carbocycles. The lowest BCUT2D eigenvalue weighted by Gasteiger charge is -2.11. The van der Waals surface area contributed by atoms with Gasteiger partial charge in [0.15, 0.2) is 0 Å². The van der Waals surface area contributed by atoms with Gasteiger partial charge in [0, 0.05) is 31.1 Å². The predicted molar refractivity (Wildman–Crippen MR) is 66.4 cm³/mol. The molecular formula is C13H18N2O2. The minimum atomic E-state index is -0.300. The lowest BCUT2D eigenvalue weighted by molar-refractivity contribution is -0.137. The monoisotopic (exact) mass is 234 g/mol. The molecule has 0 aliphatic heterocycles. The Morgan fingerprint density at radius 2 is 2.24 bits per heavy atom. The van der Waals surface area contributed by atoms with Gasteiger partial charge in [0.05, 0.1) is 6.61 Å². The van der Waals surface area contributed by atoms with Crippen LogP contribution in [0.4, 0.5) is 0 Å². The molecule has 0 radical (unpaired) electrons. The third kappa shape index (κ3) is 5.26. The van der Waals surface area contributed by atoms with Crippen molar-refractivity contribution in [2.45, 2.75) is 19.9 Å². The topological polar surface area (TPSA) is 51.2 Å². The molecule has 17 heavy (non-hydrogen) atoms. The van der Waals surface area contributed by atoms with Gasteiger partial charge in [-0.25, -0.2) is 4.79 Å². The van der Waals surface area contributed by atoms with Crippen molar-refractivity contribution in [1.29, 1.82) is 0 Å². The summed E-state index contributed by atoms with van der Waals surface area (Å²) in [5.41, 5.74) is 1.17. The Morgan fingerprint density at radius 1 is 1.53 bits per heavy atom. The molecule has 92 valence electrons. The molecular weight excluding hydrogens is 216 g/mol. The first kappa shape index (κ1) is 13.4. The summed E-state index contributed by atoms with van der Waals surface area (Å²) >= 11 is 0. The SMILES string of the molecule is CCOC(=O)/C=C/CNC(C)c1ccncc1. The van der Waals surface area contributed by atoms with Crippen molar-refractivity contribution in [2.24, 2.45) is 0 Å². The van der Waals surface area contributed by atoms with Crippen LogP contribution in [-0.4, -0.2) is 24.1 Å². The van der Waals surface area contributed by atoms with Crippen molar-refractivity contribution in [3.63, 3.8) is 0 Å².